The van der Waals surface area contributed by atoms with Crippen molar-refractivity contribution in [1.29, 1.82) is 0 Å². The van der Waals surface area contributed by atoms with Crippen molar-refractivity contribution >= 4 is 11.7 Å². The van der Waals surface area contributed by atoms with E-state index in [2.05, 4.69) is 20.1 Å². The lowest BCUT2D eigenvalue weighted by atomic mass is 10.1. The fourth-order valence-corrected chi connectivity index (χ4v) is 3.54. The van der Waals surface area contributed by atoms with Gasteiger partial charge >= 0.3 is 0 Å². The standard InChI is InChI=1S/C22H23N5O3/c1-29-19-5-3-4-17(21(19)30-2)22(28)27-14-12-26(13-15-27)20-7-6-18(24-25-20)16-8-10-23-11-9-16/h3-11H,12-15H2,1-2H3. The Labute approximate surface area is 175 Å². The van der Waals surface area contributed by atoms with E-state index >= 15 is 0 Å². The third-order valence-corrected chi connectivity index (χ3v) is 5.15. The van der Waals surface area contributed by atoms with Gasteiger partial charge in [0, 0.05) is 44.1 Å². The molecule has 3 heterocycles. The molecule has 0 radical (unpaired) electrons. The quantitative estimate of drug-likeness (QED) is 0.645. The molecular formula is C22H23N5O3. The van der Waals surface area contributed by atoms with E-state index in [1.807, 2.05) is 29.2 Å². The lowest BCUT2D eigenvalue weighted by molar-refractivity contribution is 0.0742. The third kappa shape index (κ3) is 3.89. The first-order valence-electron chi connectivity index (χ1n) is 9.70. The van der Waals surface area contributed by atoms with Crippen LogP contribution in [0.2, 0.25) is 0 Å². The van der Waals surface area contributed by atoms with Gasteiger partial charge in [0.15, 0.2) is 17.3 Å². The smallest absolute Gasteiger partial charge is 0.257 e. The third-order valence-electron chi connectivity index (χ3n) is 5.15. The molecule has 154 valence electrons. The van der Waals surface area contributed by atoms with Gasteiger partial charge in [-0.05, 0) is 36.4 Å². The fourth-order valence-electron chi connectivity index (χ4n) is 3.54. The van der Waals surface area contributed by atoms with Crippen molar-refractivity contribution in [3.8, 4) is 22.8 Å². The Balaban J connectivity index is 1.42. The predicted molar refractivity (Wildman–Crippen MR) is 113 cm³/mol. The Bertz CT molecular complexity index is 1000. The van der Waals surface area contributed by atoms with Crippen LogP contribution in [-0.4, -0.2) is 66.4 Å². The van der Waals surface area contributed by atoms with Crippen LogP contribution in [-0.2, 0) is 0 Å². The zero-order valence-corrected chi connectivity index (χ0v) is 17.0. The van der Waals surface area contributed by atoms with Crippen molar-refractivity contribution in [3.63, 3.8) is 0 Å². The van der Waals surface area contributed by atoms with Crippen LogP contribution >= 0.6 is 0 Å². The van der Waals surface area contributed by atoms with Gasteiger partial charge in [0.05, 0.1) is 25.5 Å². The number of benzene rings is 1. The van der Waals surface area contributed by atoms with Crippen molar-refractivity contribution in [2.45, 2.75) is 0 Å². The normalized spacial score (nSPS) is 13.8. The van der Waals surface area contributed by atoms with Crippen LogP contribution < -0.4 is 14.4 Å². The minimum Gasteiger partial charge on any atom is -0.493 e. The van der Waals surface area contributed by atoms with Crippen molar-refractivity contribution in [1.82, 2.24) is 20.1 Å². The van der Waals surface area contributed by atoms with Gasteiger partial charge in [0.2, 0.25) is 0 Å². The Kier molecular flexibility index (Phi) is 5.74. The minimum atomic E-state index is -0.0653. The molecule has 8 nitrogen and oxygen atoms in total. The molecular weight excluding hydrogens is 382 g/mol. The van der Waals surface area contributed by atoms with Crippen LogP contribution in [0.15, 0.2) is 54.9 Å². The number of piperazine rings is 1. The van der Waals surface area contributed by atoms with Gasteiger partial charge in [-0.15, -0.1) is 10.2 Å². The molecule has 0 saturated carbocycles. The highest BCUT2D eigenvalue weighted by Gasteiger charge is 2.26. The van der Waals surface area contributed by atoms with Crippen molar-refractivity contribution in [3.05, 3.63) is 60.4 Å². The molecule has 0 N–H and O–H groups in total. The summed E-state index contributed by atoms with van der Waals surface area (Å²) in [5, 5.41) is 8.71. The first-order valence-corrected chi connectivity index (χ1v) is 9.70. The molecule has 1 aromatic carbocycles. The van der Waals surface area contributed by atoms with E-state index in [0.29, 0.717) is 43.2 Å². The van der Waals surface area contributed by atoms with E-state index in [4.69, 9.17) is 9.47 Å². The second kappa shape index (κ2) is 8.77. The molecule has 1 fully saturated rings. The SMILES string of the molecule is COc1cccc(C(=O)N2CCN(c3ccc(-c4ccncc4)nn3)CC2)c1OC. The number of carbonyl (C=O) groups excluding carboxylic acids is 1. The van der Waals surface area contributed by atoms with Crippen LogP contribution in [0, 0.1) is 0 Å². The molecule has 0 bridgehead atoms. The largest absolute Gasteiger partial charge is 0.493 e. The van der Waals surface area contributed by atoms with Gasteiger partial charge in [-0.3, -0.25) is 9.78 Å². The molecule has 8 heteroatoms. The lowest BCUT2D eigenvalue weighted by Crippen LogP contribution is -2.49. The molecule has 0 spiro atoms. The second-order valence-electron chi connectivity index (χ2n) is 6.83. The Morgan fingerprint density at radius 3 is 2.30 bits per heavy atom. The Hall–Kier alpha value is -3.68. The number of nitrogens with zero attached hydrogens (tertiary/aromatic N) is 5. The van der Waals surface area contributed by atoms with Gasteiger partial charge in [0.1, 0.15) is 0 Å². The van der Waals surface area contributed by atoms with Crippen molar-refractivity contribution < 1.29 is 14.3 Å². The number of pyridine rings is 1. The number of rotatable bonds is 5. The first-order chi connectivity index (χ1) is 14.7. The predicted octanol–water partition coefficient (Wildman–Crippen LogP) is 2.52. The van der Waals surface area contributed by atoms with E-state index in [1.54, 1.807) is 44.8 Å². The Morgan fingerprint density at radius 2 is 1.67 bits per heavy atom. The summed E-state index contributed by atoms with van der Waals surface area (Å²) in [5.74, 6) is 1.75. The number of para-hydroxylation sites is 1. The van der Waals surface area contributed by atoms with Gasteiger partial charge < -0.3 is 19.3 Å². The van der Waals surface area contributed by atoms with Gasteiger partial charge in [-0.1, -0.05) is 6.07 Å². The lowest BCUT2D eigenvalue weighted by Gasteiger charge is -2.35. The maximum absolute atomic E-state index is 13.0. The molecule has 1 aliphatic rings. The Morgan fingerprint density at radius 1 is 0.900 bits per heavy atom. The molecule has 1 aliphatic heterocycles. The van der Waals surface area contributed by atoms with Gasteiger partial charge in [-0.25, -0.2) is 0 Å². The molecule has 0 aliphatic carbocycles. The van der Waals surface area contributed by atoms with Crippen LogP contribution in [0.3, 0.4) is 0 Å². The summed E-state index contributed by atoms with van der Waals surface area (Å²) < 4.78 is 10.7. The van der Waals surface area contributed by atoms with Gasteiger partial charge in [0.25, 0.3) is 5.91 Å². The number of anilines is 1. The molecule has 30 heavy (non-hydrogen) atoms. The zero-order valence-electron chi connectivity index (χ0n) is 17.0. The summed E-state index contributed by atoms with van der Waals surface area (Å²) in [5.41, 5.74) is 2.29. The maximum Gasteiger partial charge on any atom is 0.257 e. The van der Waals surface area contributed by atoms with Crippen LogP contribution in [0.1, 0.15) is 10.4 Å². The molecule has 2 aromatic heterocycles. The molecule has 4 rings (SSSR count). The number of amides is 1. The molecule has 0 atom stereocenters. The van der Waals surface area contributed by atoms with Crippen LogP contribution in [0.25, 0.3) is 11.3 Å². The number of hydrogen-bond donors (Lipinski definition) is 0. The number of ether oxygens (including phenoxy) is 2. The number of carbonyl (C=O) groups is 1. The summed E-state index contributed by atoms with van der Waals surface area (Å²) in [6.07, 6.45) is 3.47. The molecule has 0 unspecified atom stereocenters. The van der Waals surface area contributed by atoms with E-state index in [-0.39, 0.29) is 5.91 Å². The molecule has 1 saturated heterocycles. The number of methoxy groups -OCH3 is 2. The second-order valence-corrected chi connectivity index (χ2v) is 6.83. The number of aromatic nitrogens is 3. The number of hydrogen-bond acceptors (Lipinski definition) is 7. The van der Waals surface area contributed by atoms with E-state index in [0.717, 1.165) is 17.1 Å². The van der Waals surface area contributed by atoms with Gasteiger partial charge in [-0.2, -0.15) is 0 Å². The van der Waals surface area contributed by atoms with Crippen molar-refractivity contribution in [2.75, 3.05) is 45.3 Å². The summed E-state index contributed by atoms with van der Waals surface area (Å²) in [6.45, 7) is 2.54. The monoisotopic (exact) mass is 405 g/mol. The van der Waals surface area contributed by atoms with Crippen LogP contribution in [0.5, 0.6) is 11.5 Å². The summed E-state index contributed by atoms with van der Waals surface area (Å²) >= 11 is 0. The topological polar surface area (TPSA) is 80.7 Å². The maximum atomic E-state index is 13.0. The summed E-state index contributed by atoms with van der Waals surface area (Å²) in [4.78, 5) is 21.0. The average molecular weight is 405 g/mol. The highest BCUT2D eigenvalue weighted by Crippen LogP contribution is 2.31. The highest BCUT2D eigenvalue weighted by atomic mass is 16.5. The zero-order chi connectivity index (χ0) is 20.9. The molecule has 3 aromatic rings. The van der Waals surface area contributed by atoms with E-state index in [1.165, 1.54) is 0 Å². The van der Waals surface area contributed by atoms with E-state index in [9.17, 15) is 4.79 Å². The fraction of sp³-hybridized carbons (Fsp3) is 0.273. The highest BCUT2D eigenvalue weighted by molar-refractivity contribution is 5.98. The summed E-state index contributed by atoms with van der Waals surface area (Å²) in [7, 11) is 3.10. The van der Waals surface area contributed by atoms with E-state index < -0.39 is 0 Å². The van der Waals surface area contributed by atoms with Crippen LogP contribution in [0.4, 0.5) is 5.82 Å². The van der Waals surface area contributed by atoms with Crippen molar-refractivity contribution in [2.24, 2.45) is 0 Å². The first kappa shape index (κ1) is 19.6. The average Bonchev–Trinajstić information content (AvgIpc) is 2.83. The minimum absolute atomic E-state index is 0.0653. The molecule has 1 amide bonds. The summed E-state index contributed by atoms with van der Waals surface area (Å²) in [6, 6.07) is 13.1.